The van der Waals surface area contributed by atoms with Crippen LogP contribution in [0.2, 0.25) is 5.02 Å². The van der Waals surface area contributed by atoms with Gasteiger partial charge in [0.1, 0.15) is 5.69 Å². The minimum atomic E-state index is -0.340. The maximum Gasteiger partial charge on any atom is 0.270 e. The number of aromatic nitrogens is 1. The first-order chi connectivity index (χ1) is 10.6. The van der Waals surface area contributed by atoms with Gasteiger partial charge in [0.15, 0.2) is 0 Å². The first-order valence-electron chi connectivity index (χ1n) is 7.96. The van der Waals surface area contributed by atoms with Crippen LogP contribution in [0, 0.1) is 5.92 Å². The quantitative estimate of drug-likeness (QED) is 0.905. The lowest BCUT2D eigenvalue weighted by atomic mass is 9.80. The van der Waals surface area contributed by atoms with Crippen molar-refractivity contribution in [3.05, 3.63) is 23.0 Å². The fourth-order valence-electron chi connectivity index (χ4n) is 3.70. The number of aliphatic hydroxyl groups is 1. The number of ether oxygens (including phenoxy) is 1. The summed E-state index contributed by atoms with van der Waals surface area (Å²) in [4.78, 5) is 14.8. The van der Waals surface area contributed by atoms with Crippen molar-refractivity contribution in [1.29, 1.82) is 0 Å². The van der Waals surface area contributed by atoms with Gasteiger partial charge in [0.05, 0.1) is 30.4 Å². The lowest BCUT2D eigenvalue weighted by molar-refractivity contribution is -0.0565. The monoisotopic (exact) mass is 326 g/mol. The Kier molecular flexibility index (Phi) is 4.76. The Balaban J connectivity index is 1.83. The van der Waals surface area contributed by atoms with Crippen LogP contribution >= 0.6 is 11.6 Å². The van der Waals surface area contributed by atoms with Gasteiger partial charge in [-0.05, 0) is 18.9 Å². The van der Waals surface area contributed by atoms with Gasteiger partial charge < -0.3 is 19.3 Å². The Hall–Kier alpha value is -1.04. The molecule has 5 nitrogen and oxygen atoms in total. The summed E-state index contributed by atoms with van der Waals surface area (Å²) in [5.41, 5.74) is 0.585. The summed E-state index contributed by atoms with van der Waals surface area (Å²) in [7, 11) is 1.82. The second kappa shape index (κ2) is 6.60. The topological polar surface area (TPSA) is 54.7 Å². The van der Waals surface area contributed by atoms with Crippen molar-refractivity contribution in [2.75, 3.05) is 19.8 Å². The highest BCUT2D eigenvalue weighted by Gasteiger charge is 2.39. The molecule has 1 saturated carbocycles. The average Bonchev–Trinajstić information content (AvgIpc) is 2.86. The van der Waals surface area contributed by atoms with E-state index in [1.807, 2.05) is 11.9 Å². The van der Waals surface area contributed by atoms with Gasteiger partial charge in [-0.1, -0.05) is 24.4 Å². The molecule has 122 valence electrons. The van der Waals surface area contributed by atoms with Crippen molar-refractivity contribution in [2.45, 2.75) is 37.8 Å². The highest BCUT2D eigenvalue weighted by Crippen LogP contribution is 2.31. The molecule has 3 unspecified atom stereocenters. The number of aryl methyl sites for hydroxylation is 1. The minimum Gasteiger partial charge on any atom is -0.393 e. The Morgan fingerprint density at radius 1 is 1.41 bits per heavy atom. The van der Waals surface area contributed by atoms with E-state index in [0.29, 0.717) is 30.5 Å². The molecule has 3 atom stereocenters. The second-order valence-corrected chi connectivity index (χ2v) is 6.75. The van der Waals surface area contributed by atoms with Crippen LogP contribution in [0.5, 0.6) is 0 Å². The van der Waals surface area contributed by atoms with Crippen LogP contribution in [0.1, 0.15) is 36.2 Å². The Bertz CT molecular complexity index is 545. The number of halogens is 1. The highest BCUT2D eigenvalue weighted by atomic mass is 35.5. The molecule has 1 aromatic heterocycles. The number of hydrogen-bond donors (Lipinski definition) is 1. The molecule has 1 saturated heterocycles. The van der Waals surface area contributed by atoms with Gasteiger partial charge in [0, 0.05) is 25.7 Å². The summed E-state index contributed by atoms with van der Waals surface area (Å²) < 4.78 is 7.36. The summed E-state index contributed by atoms with van der Waals surface area (Å²) in [6.45, 7) is 1.62. The molecule has 1 aromatic rings. The zero-order chi connectivity index (χ0) is 15.7. The molecule has 0 spiro atoms. The van der Waals surface area contributed by atoms with Crippen LogP contribution in [-0.4, -0.2) is 52.4 Å². The van der Waals surface area contributed by atoms with Crippen LogP contribution in [0.15, 0.2) is 12.3 Å². The molecule has 2 aliphatic rings. The number of aliphatic hydroxyl groups excluding tert-OH is 1. The van der Waals surface area contributed by atoms with E-state index >= 15 is 0 Å². The molecule has 0 radical (unpaired) electrons. The molecule has 2 fully saturated rings. The van der Waals surface area contributed by atoms with E-state index in [4.69, 9.17) is 16.3 Å². The molecule has 22 heavy (non-hydrogen) atoms. The minimum absolute atomic E-state index is 0.0273. The number of rotatable bonds is 2. The van der Waals surface area contributed by atoms with Gasteiger partial charge in [0.2, 0.25) is 0 Å². The molecule has 2 heterocycles. The zero-order valence-electron chi connectivity index (χ0n) is 12.9. The van der Waals surface area contributed by atoms with Crippen molar-refractivity contribution in [3.63, 3.8) is 0 Å². The maximum absolute atomic E-state index is 12.9. The van der Waals surface area contributed by atoms with E-state index in [2.05, 4.69) is 0 Å². The van der Waals surface area contributed by atoms with E-state index in [0.717, 1.165) is 25.7 Å². The van der Waals surface area contributed by atoms with Crippen molar-refractivity contribution in [3.8, 4) is 0 Å². The third-order valence-electron chi connectivity index (χ3n) is 4.89. The first-order valence-corrected chi connectivity index (χ1v) is 8.34. The van der Waals surface area contributed by atoms with Gasteiger partial charge >= 0.3 is 0 Å². The summed E-state index contributed by atoms with van der Waals surface area (Å²) in [6, 6.07) is 1.65. The zero-order valence-corrected chi connectivity index (χ0v) is 13.6. The van der Waals surface area contributed by atoms with Crippen molar-refractivity contribution < 1.29 is 14.6 Å². The van der Waals surface area contributed by atoms with Gasteiger partial charge in [-0.2, -0.15) is 0 Å². The number of carbonyl (C=O) groups excluding carboxylic acids is 1. The van der Waals surface area contributed by atoms with E-state index in [9.17, 15) is 9.90 Å². The fraction of sp³-hybridized carbons (Fsp3) is 0.688. The SMILES string of the molecule is Cn1cc(Cl)cc1C(=O)N1CCOCC1C1CCCCC1O. The summed E-state index contributed by atoms with van der Waals surface area (Å²) in [6.07, 6.45) is 5.34. The standard InChI is InChI=1S/C16H23ClN2O3/c1-18-9-11(17)8-13(18)16(21)19-6-7-22-10-14(19)12-4-2-3-5-15(12)20/h8-9,12,14-15,20H,2-7,10H2,1H3. The third-order valence-corrected chi connectivity index (χ3v) is 5.10. The molecule has 1 amide bonds. The molecule has 0 aromatic carbocycles. The average molecular weight is 327 g/mol. The molecular weight excluding hydrogens is 304 g/mol. The largest absolute Gasteiger partial charge is 0.393 e. The van der Waals surface area contributed by atoms with Crippen LogP contribution in [0.3, 0.4) is 0 Å². The third kappa shape index (κ3) is 3.03. The van der Waals surface area contributed by atoms with Crippen LogP contribution in [0.25, 0.3) is 0 Å². The van der Waals surface area contributed by atoms with Crippen LogP contribution in [0.4, 0.5) is 0 Å². The van der Waals surface area contributed by atoms with Gasteiger partial charge in [-0.3, -0.25) is 4.79 Å². The highest BCUT2D eigenvalue weighted by molar-refractivity contribution is 6.31. The number of hydrogen-bond acceptors (Lipinski definition) is 3. The molecule has 6 heteroatoms. The molecular formula is C16H23ClN2O3. The molecule has 1 aliphatic heterocycles. The number of carbonyl (C=O) groups is 1. The molecule has 1 aliphatic carbocycles. The van der Waals surface area contributed by atoms with Crippen molar-refractivity contribution in [2.24, 2.45) is 13.0 Å². The van der Waals surface area contributed by atoms with E-state index < -0.39 is 0 Å². The predicted molar refractivity (Wildman–Crippen MR) is 84.0 cm³/mol. The molecule has 1 N–H and O–H groups in total. The lowest BCUT2D eigenvalue weighted by Gasteiger charge is -2.43. The Labute approximate surface area is 135 Å². The van der Waals surface area contributed by atoms with Crippen LogP contribution in [-0.2, 0) is 11.8 Å². The Morgan fingerprint density at radius 2 is 2.18 bits per heavy atom. The predicted octanol–water partition coefficient (Wildman–Crippen LogP) is 2.07. The smallest absolute Gasteiger partial charge is 0.270 e. The second-order valence-electron chi connectivity index (χ2n) is 6.31. The number of nitrogens with zero attached hydrogens (tertiary/aromatic N) is 2. The molecule has 3 rings (SSSR count). The molecule has 0 bridgehead atoms. The summed E-state index contributed by atoms with van der Waals surface area (Å²) in [5, 5.41) is 10.9. The van der Waals surface area contributed by atoms with Gasteiger partial charge in [-0.15, -0.1) is 0 Å². The van der Waals surface area contributed by atoms with E-state index in [1.54, 1.807) is 16.8 Å². The van der Waals surface area contributed by atoms with Crippen molar-refractivity contribution >= 4 is 17.5 Å². The van der Waals surface area contributed by atoms with Gasteiger partial charge in [-0.25, -0.2) is 0 Å². The lowest BCUT2D eigenvalue weighted by Crippen LogP contribution is -2.55. The Morgan fingerprint density at radius 3 is 2.86 bits per heavy atom. The van der Waals surface area contributed by atoms with E-state index in [1.165, 1.54) is 0 Å². The summed E-state index contributed by atoms with van der Waals surface area (Å²) >= 11 is 6.00. The fourth-order valence-corrected chi connectivity index (χ4v) is 3.95. The van der Waals surface area contributed by atoms with Crippen LogP contribution < -0.4 is 0 Å². The summed E-state index contributed by atoms with van der Waals surface area (Å²) in [5.74, 6) is 0.0780. The van der Waals surface area contributed by atoms with E-state index in [-0.39, 0.29) is 24.0 Å². The number of morpholine rings is 1. The van der Waals surface area contributed by atoms with Gasteiger partial charge in [0.25, 0.3) is 5.91 Å². The van der Waals surface area contributed by atoms with Crippen molar-refractivity contribution in [1.82, 2.24) is 9.47 Å². The first kappa shape index (κ1) is 15.8. The number of amides is 1. The maximum atomic E-state index is 12.9. The normalized spacial score (nSPS) is 29.6.